The van der Waals surface area contributed by atoms with Gasteiger partial charge in [-0.05, 0) is 51.8 Å². The number of benzene rings is 2. The van der Waals surface area contributed by atoms with Crippen LogP contribution in [-0.4, -0.2) is 110 Å². The molecule has 3 heterocycles. The van der Waals surface area contributed by atoms with Crippen LogP contribution in [0.2, 0.25) is 0 Å². The summed E-state index contributed by atoms with van der Waals surface area (Å²) in [5.74, 6) is -1.98. The number of phenolic OH excluding ortho intramolecular Hbond substituents is 1. The molecule has 0 spiro atoms. The van der Waals surface area contributed by atoms with Gasteiger partial charge in [0.25, 0.3) is 0 Å². The van der Waals surface area contributed by atoms with Gasteiger partial charge in [-0.25, -0.2) is 0 Å². The molecule has 50 heavy (non-hydrogen) atoms. The van der Waals surface area contributed by atoms with Crippen molar-refractivity contribution in [2.75, 3.05) is 0 Å². The molecule has 12 atom stereocenters. The summed E-state index contributed by atoms with van der Waals surface area (Å²) in [5.41, 5.74) is -0.546. The van der Waals surface area contributed by atoms with E-state index < -0.39 is 90.1 Å². The van der Waals surface area contributed by atoms with Crippen molar-refractivity contribution in [1.29, 1.82) is 0 Å². The topological polar surface area (TPSA) is 199 Å². The van der Waals surface area contributed by atoms with E-state index in [9.17, 15) is 39.9 Å². The molecule has 3 saturated heterocycles. The Kier molecular flexibility index (Phi) is 9.28. The van der Waals surface area contributed by atoms with Crippen molar-refractivity contribution < 1.29 is 63.6 Å². The first-order chi connectivity index (χ1) is 23.6. The molecule has 0 radical (unpaired) electrons. The van der Waals surface area contributed by atoms with Crippen LogP contribution in [-0.2, 0) is 30.1 Å². The quantitative estimate of drug-likeness (QED) is 0.261. The molecule has 0 bridgehead atoms. The second-order valence-electron chi connectivity index (χ2n) is 14.7. The van der Waals surface area contributed by atoms with Crippen LogP contribution < -0.4 is 0 Å². The van der Waals surface area contributed by atoms with Crippen LogP contribution in [0.25, 0.3) is 0 Å². The van der Waals surface area contributed by atoms with Crippen LogP contribution in [0.1, 0.15) is 119 Å². The Morgan fingerprint density at radius 1 is 0.720 bits per heavy atom. The predicted molar refractivity (Wildman–Crippen MR) is 173 cm³/mol. The van der Waals surface area contributed by atoms with E-state index in [1.54, 1.807) is 26.8 Å². The van der Waals surface area contributed by atoms with Gasteiger partial charge in [0.15, 0.2) is 29.9 Å². The van der Waals surface area contributed by atoms with Crippen LogP contribution in [0.3, 0.4) is 0 Å². The number of hydrogen-bond acceptors (Lipinski definition) is 13. The first kappa shape index (κ1) is 35.3. The van der Waals surface area contributed by atoms with E-state index in [-0.39, 0.29) is 65.2 Å². The summed E-state index contributed by atoms with van der Waals surface area (Å²) in [7, 11) is 0. The minimum Gasteiger partial charge on any atom is -0.507 e. The molecule has 13 nitrogen and oxygen atoms in total. The zero-order valence-corrected chi connectivity index (χ0v) is 28.4. The van der Waals surface area contributed by atoms with E-state index in [1.807, 2.05) is 6.92 Å². The minimum absolute atomic E-state index is 0.00154. The minimum atomic E-state index is -1.25. The molecular weight excluding hydrogens is 652 g/mol. The molecule has 0 saturated carbocycles. The zero-order valence-electron chi connectivity index (χ0n) is 28.4. The molecule has 5 N–H and O–H groups in total. The van der Waals surface area contributed by atoms with E-state index in [4.69, 9.17) is 23.7 Å². The van der Waals surface area contributed by atoms with Gasteiger partial charge in [0.1, 0.15) is 18.0 Å². The lowest BCUT2D eigenvalue weighted by Crippen LogP contribution is -2.51. The number of fused-ring (bicyclic) bond motifs is 4. The molecule has 3 fully saturated rings. The molecule has 1 unspecified atom stereocenters. The Morgan fingerprint density at radius 3 is 2.08 bits per heavy atom. The number of aromatic hydroxyl groups is 1. The Balaban J connectivity index is 1.06. The van der Waals surface area contributed by atoms with E-state index in [1.165, 1.54) is 18.2 Å². The van der Waals surface area contributed by atoms with Gasteiger partial charge >= 0.3 is 0 Å². The third-order valence-electron chi connectivity index (χ3n) is 10.8. The number of carbonyl (C=O) groups is 3. The first-order valence-electron chi connectivity index (χ1n) is 17.3. The normalized spacial score (nSPS) is 38.7. The van der Waals surface area contributed by atoms with Crippen molar-refractivity contribution in [3.05, 3.63) is 63.2 Å². The molecule has 2 aliphatic carbocycles. The van der Waals surface area contributed by atoms with Gasteiger partial charge in [-0.3, -0.25) is 14.4 Å². The average molecular weight is 697 g/mol. The standard InChI is InChI=1S/C37H44O13/c1-15-24(49-28-11-22(38)32(40)16(2)48-28)9-10-27(47-15)50-26-12-25(46-17(3)33(26)41)19-7-8-21-31(34(19)42)36(44)20-6-5-18-13-37(4,45)14-23(39)29(18)30(20)35(21)43/h5-8,15-17,22,24-28,32-33,38,40-42,45H,9-14H2,1-4H3/t15-,16+,17+,22+,24-,25?,26+,27+,28-,32+,33+,37+/m0/s1. The van der Waals surface area contributed by atoms with E-state index in [0.717, 1.165) is 0 Å². The highest BCUT2D eigenvalue weighted by molar-refractivity contribution is 6.32. The summed E-state index contributed by atoms with van der Waals surface area (Å²) >= 11 is 0. The number of ketones is 3. The highest BCUT2D eigenvalue weighted by Crippen LogP contribution is 2.44. The first-order valence-corrected chi connectivity index (χ1v) is 17.3. The molecule has 2 aromatic rings. The van der Waals surface area contributed by atoms with Crippen LogP contribution in [0.4, 0.5) is 0 Å². The van der Waals surface area contributed by atoms with Gasteiger partial charge in [0.05, 0.1) is 53.9 Å². The SMILES string of the molecule is C[C@@H]1O[C@H](O[C@@H]2CC(c3ccc4c(c3O)C(=O)c3ccc5c(c3C4=O)C(=O)C[C@](C)(O)C5)O[C@H](C)[C@H]2O)CC[C@@H]1O[C@H]1C[C@@H](O)[C@H](O)[C@@H](C)O1. The van der Waals surface area contributed by atoms with Crippen molar-refractivity contribution in [1.82, 2.24) is 0 Å². The summed E-state index contributed by atoms with van der Waals surface area (Å²) in [6.45, 7) is 6.74. The van der Waals surface area contributed by atoms with Crippen molar-refractivity contribution >= 4 is 17.3 Å². The predicted octanol–water partition coefficient (Wildman–Crippen LogP) is 2.41. The second-order valence-corrected chi connectivity index (χ2v) is 14.7. The molecule has 0 amide bonds. The maximum Gasteiger partial charge on any atom is 0.198 e. The number of hydrogen-bond donors (Lipinski definition) is 5. The number of rotatable bonds is 5. The second kappa shape index (κ2) is 13.1. The number of carbonyl (C=O) groups excluding carboxylic acids is 3. The Labute approximate surface area is 289 Å². The lowest BCUT2D eigenvalue weighted by atomic mass is 9.73. The number of ether oxygens (including phenoxy) is 5. The molecule has 5 aliphatic rings. The van der Waals surface area contributed by atoms with Gasteiger partial charge in [-0.2, -0.15) is 0 Å². The van der Waals surface area contributed by atoms with Crippen molar-refractivity contribution in [2.24, 2.45) is 0 Å². The number of phenols is 1. The van der Waals surface area contributed by atoms with Gasteiger partial charge in [0.2, 0.25) is 0 Å². The molecule has 13 heteroatoms. The fourth-order valence-corrected chi connectivity index (χ4v) is 8.09. The molecule has 3 aliphatic heterocycles. The summed E-state index contributed by atoms with van der Waals surface area (Å²) in [4.78, 5) is 40.8. The summed E-state index contributed by atoms with van der Waals surface area (Å²) in [5, 5.41) is 53.2. The maximum atomic E-state index is 13.9. The summed E-state index contributed by atoms with van der Waals surface area (Å²) < 4.78 is 30.3. The smallest absolute Gasteiger partial charge is 0.198 e. The monoisotopic (exact) mass is 696 g/mol. The van der Waals surface area contributed by atoms with Crippen LogP contribution >= 0.6 is 0 Å². The third-order valence-corrected chi connectivity index (χ3v) is 10.8. The van der Waals surface area contributed by atoms with Crippen molar-refractivity contribution in [3.63, 3.8) is 0 Å². The van der Waals surface area contributed by atoms with Crippen LogP contribution in [0.15, 0.2) is 24.3 Å². The molecule has 270 valence electrons. The average Bonchev–Trinajstić information content (AvgIpc) is 3.04. The largest absolute Gasteiger partial charge is 0.507 e. The highest BCUT2D eigenvalue weighted by atomic mass is 16.7. The highest BCUT2D eigenvalue weighted by Gasteiger charge is 2.45. The van der Waals surface area contributed by atoms with Crippen LogP contribution in [0, 0.1) is 0 Å². The summed E-state index contributed by atoms with van der Waals surface area (Å²) in [6, 6.07) is 6.01. The Hall–Kier alpha value is -3.11. The van der Waals surface area contributed by atoms with Gasteiger partial charge in [0, 0.05) is 59.9 Å². The number of Topliss-reactive ketones (excluding diaryl/α,β-unsaturated/α-hetero) is 1. The molecular formula is C37H44O13. The third kappa shape index (κ3) is 6.22. The number of aliphatic hydroxyl groups excluding tert-OH is 3. The Morgan fingerprint density at radius 2 is 1.36 bits per heavy atom. The van der Waals surface area contributed by atoms with Gasteiger partial charge in [-0.1, -0.05) is 12.1 Å². The lowest BCUT2D eigenvalue weighted by molar-refractivity contribution is -0.306. The van der Waals surface area contributed by atoms with E-state index in [2.05, 4.69) is 0 Å². The number of aliphatic hydroxyl groups is 4. The van der Waals surface area contributed by atoms with Gasteiger partial charge < -0.3 is 49.2 Å². The van der Waals surface area contributed by atoms with Crippen molar-refractivity contribution in [3.8, 4) is 5.75 Å². The molecule has 7 rings (SSSR count). The fourth-order valence-electron chi connectivity index (χ4n) is 8.09. The maximum absolute atomic E-state index is 13.9. The van der Waals surface area contributed by atoms with Crippen LogP contribution in [0.5, 0.6) is 5.75 Å². The van der Waals surface area contributed by atoms with E-state index in [0.29, 0.717) is 18.4 Å². The lowest BCUT2D eigenvalue weighted by Gasteiger charge is -2.43. The summed E-state index contributed by atoms with van der Waals surface area (Å²) in [6.07, 6.45) is -6.73. The van der Waals surface area contributed by atoms with E-state index >= 15 is 0 Å². The zero-order chi connectivity index (χ0) is 35.8. The molecule has 2 aromatic carbocycles. The molecule has 0 aromatic heterocycles. The van der Waals surface area contributed by atoms with Crippen molar-refractivity contribution in [2.45, 2.75) is 139 Å². The fraction of sp³-hybridized carbons (Fsp3) is 0.595. The Bertz CT molecular complexity index is 1690. The van der Waals surface area contributed by atoms with Gasteiger partial charge in [-0.15, -0.1) is 0 Å².